The van der Waals surface area contributed by atoms with Gasteiger partial charge >= 0.3 is 0 Å². The van der Waals surface area contributed by atoms with Crippen molar-refractivity contribution < 1.29 is 12.9 Å². The first-order valence-electron chi connectivity index (χ1n) is 4.09. The van der Waals surface area contributed by atoms with E-state index in [9.17, 15) is 8.42 Å². The van der Waals surface area contributed by atoms with Gasteiger partial charge in [0.2, 0.25) is 0 Å². The molecule has 0 atom stereocenters. The number of nitrogens with zero attached hydrogens (tertiary/aromatic N) is 1. The van der Waals surface area contributed by atoms with Gasteiger partial charge in [0.25, 0.3) is 0 Å². The van der Waals surface area contributed by atoms with Crippen LogP contribution in [0.15, 0.2) is 4.52 Å². The molecule has 0 saturated heterocycles. The first-order valence-corrected chi connectivity index (χ1v) is 5.99. The van der Waals surface area contributed by atoms with Crippen molar-refractivity contribution in [2.75, 3.05) is 12.0 Å². The van der Waals surface area contributed by atoms with Gasteiger partial charge in [-0.2, -0.15) is 0 Å². The van der Waals surface area contributed by atoms with Gasteiger partial charge in [-0.3, -0.25) is 0 Å². The summed E-state index contributed by atoms with van der Waals surface area (Å²) < 4.78 is 26.8. The van der Waals surface area contributed by atoms with Gasteiger partial charge in [-0.15, -0.1) is 0 Å². The highest BCUT2D eigenvalue weighted by Crippen LogP contribution is 2.33. The van der Waals surface area contributed by atoms with Crippen LogP contribution in [-0.4, -0.2) is 19.8 Å². The van der Waals surface area contributed by atoms with Gasteiger partial charge in [0.15, 0.2) is 21.4 Å². The molecule has 0 radical (unpaired) electrons. The number of hydrogen-bond acceptors (Lipinski definition) is 5. The van der Waals surface area contributed by atoms with Gasteiger partial charge in [0.1, 0.15) is 4.75 Å². The van der Waals surface area contributed by atoms with Crippen LogP contribution in [0.5, 0.6) is 0 Å². The van der Waals surface area contributed by atoms with Crippen LogP contribution in [0.4, 0.5) is 5.82 Å². The second-order valence-corrected chi connectivity index (χ2v) is 6.37. The van der Waals surface area contributed by atoms with Crippen molar-refractivity contribution in [2.24, 2.45) is 0 Å². The van der Waals surface area contributed by atoms with Crippen LogP contribution in [0.3, 0.4) is 0 Å². The minimum Gasteiger partial charge on any atom is -0.381 e. The fraction of sp³-hybridized carbons (Fsp3) is 0.625. The van der Waals surface area contributed by atoms with E-state index in [-0.39, 0.29) is 5.82 Å². The summed E-state index contributed by atoms with van der Waals surface area (Å²) in [6.45, 7) is 4.82. The molecule has 0 aromatic carbocycles. The summed E-state index contributed by atoms with van der Waals surface area (Å²) in [4.78, 5) is 0. The van der Waals surface area contributed by atoms with Gasteiger partial charge in [-0.1, -0.05) is 5.16 Å². The summed E-state index contributed by atoms with van der Waals surface area (Å²) in [5.74, 6) is 0.536. The zero-order valence-corrected chi connectivity index (χ0v) is 9.47. The summed E-state index contributed by atoms with van der Waals surface area (Å²) in [6, 6.07) is 0. The van der Waals surface area contributed by atoms with Crippen molar-refractivity contribution in [2.45, 2.75) is 25.5 Å². The SMILES string of the molecule is Cc1c(N)noc1C(C)(C)S(C)(=O)=O. The third-order valence-corrected chi connectivity index (χ3v) is 4.47. The van der Waals surface area contributed by atoms with Crippen LogP contribution in [0.1, 0.15) is 25.2 Å². The number of hydrogen-bond donors (Lipinski definition) is 1. The van der Waals surface area contributed by atoms with E-state index in [1.807, 2.05) is 0 Å². The van der Waals surface area contributed by atoms with E-state index in [1.54, 1.807) is 20.8 Å². The summed E-state index contributed by atoms with van der Waals surface area (Å²) in [7, 11) is -3.25. The topological polar surface area (TPSA) is 86.2 Å². The maximum Gasteiger partial charge on any atom is 0.170 e. The third kappa shape index (κ3) is 1.50. The molecule has 5 nitrogen and oxygen atoms in total. The zero-order valence-electron chi connectivity index (χ0n) is 8.66. The smallest absolute Gasteiger partial charge is 0.170 e. The number of nitrogen functional groups attached to an aromatic ring is 1. The van der Waals surface area contributed by atoms with E-state index >= 15 is 0 Å². The van der Waals surface area contributed by atoms with Crippen LogP contribution in [-0.2, 0) is 14.6 Å². The third-order valence-electron chi connectivity index (χ3n) is 2.43. The number of rotatable bonds is 2. The Labute approximate surface area is 83.2 Å². The molecule has 14 heavy (non-hydrogen) atoms. The molecule has 0 aliphatic rings. The predicted molar refractivity (Wildman–Crippen MR) is 53.5 cm³/mol. The molecule has 0 spiro atoms. The Morgan fingerprint density at radius 1 is 1.43 bits per heavy atom. The number of anilines is 1. The van der Waals surface area contributed by atoms with Crippen LogP contribution >= 0.6 is 0 Å². The zero-order chi connectivity index (χ0) is 11.1. The summed E-state index contributed by atoms with van der Waals surface area (Å²) in [6.07, 6.45) is 1.16. The average Bonchev–Trinajstić information content (AvgIpc) is 2.30. The second kappa shape index (κ2) is 2.98. The van der Waals surface area contributed by atoms with Crippen molar-refractivity contribution >= 4 is 15.7 Å². The summed E-state index contributed by atoms with van der Waals surface area (Å²) in [5.41, 5.74) is 6.06. The van der Waals surface area contributed by atoms with E-state index < -0.39 is 14.6 Å². The van der Waals surface area contributed by atoms with Crippen molar-refractivity contribution in [3.05, 3.63) is 11.3 Å². The van der Waals surface area contributed by atoms with E-state index in [4.69, 9.17) is 10.3 Å². The van der Waals surface area contributed by atoms with Gasteiger partial charge in [-0.05, 0) is 20.8 Å². The average molecular weight is 218 g/mol. The van der Waals surface area contributed by atoms with Crippen LogP contribution < -0.4 is 5.73 Å². The van der Waals surface area contributed by atoms with Gasteiger partial charge in [-0.25, -0.2) is 8.42 Å². The van der Waals surface area contributed by atoms with Crippen molar-refractivity contribution in [1.82, 2.24) is 5.16 Å². The highest BCUT2D eigenvalue weighted by atomic mass is 32.2. The monoisotopic (exact) mass is 218 g/mol. The summed E-state index contributed by atoms with van der Waals surface area (Å²) >= 11 is 0. The second-order valence-electron chi connectivity index (χ2n) is 3.80. The van der Waals surface area contributed by atoms with E-state index in [0.29, 0.717) is 11.3 Å². The molecule has 1 rings (SSSR count). The molecule has 1 aromatic heterocycles. The maximum atomic E-state index is 11.5. The first kappa shape index (κ1) is 11.0. The van der Waals surface area contributed by atoms with Crippen molar-refractivity contribution in [3.63, 3.8) is 0 Å². The Hall–Kier alpha value is -1.04. The maximum absolute atomic E-state index is 11.5. The standard InChI is InChI=1S/C8H14N2O3S/c1-5-6(13-10-7(5)9)8(2,3)14(4,11)12/h1-4H3,(H2,9,10). The van der Waals surface area contributed by atoms with Crippen molar-refractivity contribution in [3.8, 4) is 0 Å². The van der Waals surface area contributed by atoms with Gasteiger partial charge < -0.3 is 10.3 Å². The Morgan fingerprint density at radius 3 is 2.21 bits per heavy atom. The quantitative estimate of drug-likeness (QED) is 0.795. The van der Waals surface area contributed by atoms with E-state index in [1.165, 1.54) is 0 Å². The lowest BCUT2D eigenvalue weighted by atomic mass is 10.1. The molecule has 0 bridgehead atoms. The lowest BCUT2D eigenvalue weighted by molar-refractivity contribution is 0.355. The Bertz CT molecular complexity index is 445. The predicted octanol–water partition coefficient (Wildman–Crippen LogP) is 0.845. The molecule has 0 aliphatic heterocycles. The normalized spacial score (nSPS) is 13.1. The van der Waals surface area contributed by atoms with Crippen LogP contribution in [0.25, 0.3) is 0 Å². The fourth-order valence-corrected chi connectivity index (χ4v) is 1.61. The molecule has 80 valence electrons. The highest BCUT2D eigenvalue weighted by molar-refractivity contribution is 7.91. The lowest BCUT2D eigenvalue weighted by Crippen LogP contribution is -2.28. The molecule has 6 heteroatoms. The minimum atomic E-state index is -3.25. The first-order chi connectivity index (χ1) is 6.18. The van der Waals surface area contributed by atoms with Gasteiger partial charge in [0, 0.05) is 11.8 Å². The Balaban J connectivity index is 3.38. The van der Waals surface area contributed by atoms with Gasteiger partial charge in [0.05, 0.1) is 0 Å². The fourth-order valence-electron chi connectivity index (χ4n) is 1.08. The van der Waals surface area contributed by atoms with E-state index in [0.717, 1.165) is 6.26 Å². The molecule has 0 unspecified atom stereocenters. The summed E-state index contributed by atoms with van der Waals surface area (Å²) in [5, 5.41) is 3.53. The number of sulfone groups is 1. The highest BCUT2D eigenvalue weighted by Gasteiger charge is 2.38. The minimum absolute atomic E-state index is 0.233. The van der Waals surface area contributed by atoms with Crippen LogP contribution in [0.2, 0.25) is 0 Å². The lowest BCUT2D eigenvalue weighted by Gasteiger charge is -2.19. The molecule has 0 fully saturated rings. The molecule has 0 amide bonds. The van der Waals surface area contributed by atoms with Crippen LogP contribution in [0, 0.1) is 6.92 Å². The Kier molecular flexibility index (Phi) is 2.35. The molecule has 1 aromatic rings. The Morgan fingerprint density at radius 2 is 1.93 bits per heavy atom. The number of aromatic nitrogens is 1. The molecule has 1 heterocycles. The van der Waals surface area contributed by atoms with Crippen molar-refractivity contribution in [1.29, 1.82) is 0 Å². The largest absolute Gasteiger partial charge is 0.381 e. The molecule has 2 N–H and O–H groups in total. The molecule has 0 aliphatic carbocycles. The molecular formula is C8H14N2O3S. The van der Waals surface area contributed by atoms with E-state index in [2.05, 4.69) is 5.16 Å². The number of nitrogens with two attached hydrogens (primary N) is 1. The molecular weight excluding hydrogens is 204 g/mol. The molecule has 0 saturated carbocycles.